The van der Waals surface area contributed by atoms with Crippen LogP contribution in [0.4, 0.5) is 4.39 Å². The van der Waals surface area contributed by atoms with E-state index in [-0.39, 0.29) is 18.0 Å². The van der Waals surface area contributed by atoms with E-state index >= 15 is 0 Å². The van der Waals surface area contributed by atoms with Crippen LogP contribution >= 0.6 is 0 Å². The van der Waals surface area contributed by atoms with Crippen molar-refractivity contribution in [2.75, 3.05) is 13.2 Å². The van der Waals surface area contributed by atoms with Crippen molar-refractivity contribution in [3.63, 3.8) is 0 Å². The first-order valence-corrected chi connectivity index (χ1v) is 9.78. The fourth-order valence-corrected chi connectivity index (χ4v) is 3.91. The molecule has 0 aliphatic heterocycles. The summed E-state index contributed by atoms with van der Waals surface area (Å²) in [6.45, 7) is 3.33. The maximum atomic E-state index is 13.2. The van der Waals surface area contributed by atoms with Crippen LogP contribution in [0.1, 0.15) is 18.1 Å². The zero-order valence-electron chi connectivity index (χ0n) is 14.7. The van der Waals surface area contributed by atoms with Gasteiger partial charge >= 0.3 is 5.97 Å². The number of sulfonamides is 1. The molecule has 0 saturated carbocycles. The molecule has 0 aromatic heterocycles. The number of aryl methyl sites for hydroxylation is 1. The summed E-state index contributed by atoms with van der Waals surface area (Å²) in [5.74, 6) is -1.63. The third kappa shape index (κ3) is 5.37. The lowest BCUT2D eigenvalue weighted by atomic mass is 10.00. The minimum absolute atomic E-state index is 0.0128. The molecule has 0 fully saturated rings. The van der Waals surface area contributed by atoms with Crippen LogP contribution in [0, 0.1) is 18.7 Å². The zero-order chi connectivity index (χ0) is 19.2. The number of rotatable bonds is 8. The van der Waals surface area contributed by atoms with E-state index in [4.69, 9.17) is 4.74 Å². The van der Waals surface area contributed by atoms with Crippen molar-refractivity contribution in [3.8, 4) is 0 Å². The van der Waals surface area contributed by atoms with E-state index in [2.05, 4.69) is 4.72 Å². The van der Waals surface area contributed by atoms with Crippen molar-refractivity contribution < 1.29 is 22.3 Å². The highest BCUT2D eigenvalue weighted by atomic mass is 32.2. The van der Waals surface area contributed by atoms with Gasteiger partial charge in [-0.05, 0) is 49.6 Å². The maximum absolute atomic E-state index is 13.2. The van der Waals surface area contributed by atoms with Gasteiger partial charge in [0.15, 0.2) is 0 Å². The van der Waals surface area contributed by atoms with Crippen LogP contribution in [0.2, 0.25) is 0 Å². The third-order valence-corrected chi connectivity index (χ3v) is 5.47. The average Bonchev–Trinajstić information content (AvgIpc) is 2.59. The fraction of sp³-hybridized carbons (Fsp3) is 0.316. The highest BCUT2D eigenvalue weighted by Crippen LogP contribution is 2.17. The topological polar surface area (TPSA) is 72.5 Å². The Morgan fingerprint density at radius 3 is 2.50 bits per heavy atom. The second kappa shape index (κ2) is 8.91. The molecule has 0 saturated heterocycles. The number of esters is 1. The number of hydrogen-bond acceptors (Lipinski definition) is 4. The summed E-state index contributed by atoms with van der Waals surface area (Å²) in [5, 5.41) is 0. The second-order valence-electron chi connectivity index (χ2n) is 5.90. The molecule has 0 spiro atoms. The largest absolute Gasteiger partial charge is 0.466 e. The van der Waals surface area contributed by atoms with Crippen molar-refractivity contribution in [2.45, 2.75) is 25.2 Å². The smallest absolute Gasteiger partial charge is 0.310 e. The molecule has 2 rings (SSSR count). The standard InChI is InChI=1S/C19H22FNO4S/c1-3-25-19(22)16(12-15-7-5-4-6-8-15)13-21-26(23,24)18-10-9-17(20)11-14(18)2/h4-11,16,21H,3,12-13H2,1-2H3. The molecule has 140 valence electrons. The lowest BCUT2D eigenvalue weighted by Crippen LogP contribution is -2.35. The minimum atomic E-state index is -3.87. The summed E-state index contributed by atoms with van der Waals surface area (Å²) >= 11 is 0. The first-order chi connectivity index (χ1) is 12.3. The third-order valence-electron chi connectivity index (χ3n) is 3.89. The Labute approximate surface area is 153 Å². The van der Waals surface area contributed by atoms with Gasteiger partial charge in [0.05, 0.1) is 17.4 Å². The molecule has 5 nitrogen and oxygen atoms in total. The van der Waals surface area contributed by atoms with E-state index in [1.54, 1.807) is 6.92 Å². The molecule has 0 bridgehead atoms. The molecule has 0 aliphatic rings. The van der Waals surface area contributed by atoms with Gasteiger partial charge < -0.3 is 4.74 Å². The molecule has 0 aliphatic carbocycles. The predicted molar refractivity (Wildman–Crippen MR) is 96.6 cm³/mol. The number of carbonyl (C=O) groups excluding carboxylic acids is 1. The first kappa shape index (κ1) is 20.1. The molecular formula is C19H22FNO4S. The van der Waals surface area contributed by atoms with E-state index in [0.717, 1.165) is 17.7 Å². The molecule has 1 atom stereocenters. The number of nitrogens with one attached hydrogen (secondary N) is 1. The summed E-state index contributed by atoms with van der Waals surface area (Å²) in [7, 11) is -3.87. The molecule has 2 aromatic rings. The number of halogens is 1. The lowest BCUT2D eigenvalue weighted by Gasteiger charge is -2.17. The number of carbonyl (C=O) groups is 1. The number of hydrogen-bond donors (Lipinski definition) is 1. The maximum Gasteiger partial charge on any atom is 0.310 e. The van der Waals surface area contributed by atoms with Crippen LogP contribution < -0.4 is 4.72 Å². The van der Waals surface area contributed by atoms with Crippen LogP contribution in [0.5, 0.6) is 0 Å². The zero-order valence-corrected chi connectivity index (χ0v) is 15.6. The Morgan fingerprint density at radius 2 is 1.88 bits per heavy atom. The highest BCUT2D eigenvalue weighted by Gasteiger charge is 2.24. The summed E-state index contributed by atoms with van der Waals surface area (Å²) in [5.41, 5.74) is 1.20. The molecule has 7 heteroatoms. The van der Waals surface area contributed by atoms with Crippen molar-refractivity contribution in [1.29, 1.82) is 0 Å². The van der Waals surface area contributed by atoms with Crippen LogP contribution in [-0.4, -0.2) is 27.5 Å². The SMILES string of the molecule is CCOC(=O)C(CNS(=O)(=O)c1ccc(F)cc1C)Cc1ccccc1. The Bertz CT molecular complexity index is 853. The summed E-state index contributed by atoms with van der Waals surface area (Å²) in [6.07, 6.45) is 0.352. The van der Waals surface area contributed by atoms with Crippen molar-refractivity contribution in [3.05, 3.63) is 65.5 Å². The molecule has 0 radical (unpaired) electrons. The molecule has 2 aromatic carbocycles. The van der Waals surface area contributed by atoms with E-state index in [9.17, 15) is 17.6 Å². The van der Waals surface area contributed by atoms with Gasteiger partial charge in [-0.1, -0.05) is 30.3 Å². The molecule has 0 heterocycles. The van der Waals surface area contributed by atoms with Gasteiger partial charge in [0.1, 0.15) is 5.82 Å². The lowest BCUT2D eigenvalue weighted by molar-refractivity contribution is -0.147. The van der Waals surface area contributed by atoms with Gasteiger partial charge in [-0.2, -0.15) is 0 Å². The number of ether oxygens (including phenoxy) is 1. The van der Waals surface area contributed by atoms with Gasteiger partial charge in [-0.15, -0.1) is 0 Å². The molecule has 0 amide bonds. The summed E-state index contributed by atoms with van der Waals surface area (Å²) in [6, 6.07) is 12.8. The van der Waals surface area contributed by atoms with E-state index in [0.29, 0.717) is 12.0 Å². The minimum Gasteiger partial charge on any atom is -0.466 e. The molecule has 26 heavy (non-hydrogen) atoms. The van der Waals surface area contributed by atoms with Crippen molar-refractivity contribution in [2.24, 2.45) is 5.92 Å². The van der Waals surface area contributed by atoms with Crippen LogP contribution in [0.15, 0.2) is 53.4 Å². The molecule has 1 N–H and O–H groups in total. The number of benzene rings is 2. The Morgan fingerprint density at radius 1 is 1.19 bits per heavy atom. The van der Waals surface area contributed by atoms with Gasteiger partial charge in [-0.3, -0.25) is 4.79 Å². The van der Waals surface area contributed by atoms with E-state index in [1.165, 1.54) is 13.0 Å². The van der Waals surface area contributed by atoms with Gasteiger partial charge in [0, 0.05) is 6.54 Å². The Hall–Kier alpha value is -2.25. The average molecular weight is 379 g/mol. The fourth-order valence-electron chi connectivity index (χ4n) is 2.60. The van der Waals surface area contributed by atoms with Crippen molar-refractivity contribution >= 4 is 16.0 Å². The molecular weight excluding hydrogens is 357 g/mol. The van der Waals surface area contributed by atoms with Crippen molar-refractivity contribution in [1.82, 2.24) is 4.72 Å². The second-order valence-corrected chi connectivity index (χ2v) is 7.64. The van der Waals surface area contributed by atoms with E-state index in [1.807, 2.05) is 30.3 Å². The van der Waals surface area contributed by atoms with Crippen LogP contribution in [-0.2, 0) is 26.0 Å². The normalized spacial score (nSPS) is 12.6. The Balaban J connectivity index is 2.15. The van der Waals surface area contributed by atoms with E-state index < -0.39 is 27.7 Å². The van der Waals surface area contributed by atoms with Gasteiger partial charge in [-0.25, -0.2) is 17.5 Å². The predicted octanol–water partition coefficient (Wildman–Crippen LogP) is 2.83. The highest BCUT2D eigenvalue weighted by molar-refractivity contribution is 7.89. The van der Waals surface area contributed by atoms with Gasteiger partial charge in [0.25, 0.3) is 0 Å². The first-order valence-electron chi connectivity index (χ1n) is 8.30. The summed E-state index contributed by atoms with van der Waals surface area (Å²) in [4.78, 5) is 12.2. The van der Waals surface area contributed by atoms with Crippen LogP contribution in [0.3, 0.4) is 0 Å². The Kier molecular flexibility index (Phi) is 6.88. The summed E-state index contributed by atoms with van der Waals surface area (Å²) < 4.78 is 45.7. The van der Waals surface area contributed by atoms with Gasteiger partial charge in [0.2, 0.25) is 10.0 Å². The monoisotopic (exact) mass is 379 g/mol. The molecule has 1 unspecified atom stereocenters. The van der Waals surface area contributed by atoms with Crippen LogP contribution in [0.25, 0.3) is 0 Å². The quantitative estimate of drug-likeness (QED) is 0.716.